The van der Waals surface area contributed by atoms with Crippen LogP contribution in [-0.2, 0) is 0 Å². The van der Waals surface area contributed by atoms with E-state index in [2.05, 4.69) is 25.7 Å². The summed E-state index contributed by atoms with van der Waals surface area (Å²) < 4.78 is 14.0. The van der Waals surface area contributed by atoms with Crippen molar-refractivity contribution in [3.05, 3.63) is 34.6 Å². The highest BCUT2D eigenvalue weighted by Crippen LogP contribution is 2.28. The Morgan fingerprint density at radius 3 is 2.75 bits per heavy atom. The Balaban J connectivity index is 2.19. The molecule has 1 saturated heterocycles. The van der Waals surface area contributed by atoms with E-state index in [1.165, 1.54) is 12.1 Å². The van der Waals surface area contributed by atoms with E-state index in [0.29, 0.717) is 6.54 Å². The zero-order valence-corrected chi connectivity index (χ0v) is 13.0. The van der Waals surface area contributed by atoms with Crippen molar-refractivity contribution in [2.45, 2.75) is 39.2 Å². The number of nitrogens with zero attached hydrogens (tertiary/aromatic N) is 1. The van der Waals surface area contributed by atoms with Gasteiger partial charge in [0.2, 0.25) is 0 Å². The summed E-state index contributed by atoms with van der Waals surface area (Å²) in [4.78, 5) is 14.8. The van der Waals surface area contributed by atoms with Gasteiger partial charge in [0.25, 0.3) is 0 Å². The molecule has 0 aliphatic carbocycles. The quantitative estimate of drug-likeness (QED) is 0.764. The molecule has 20 heavy (non-hydrogen) atoms. The van der Waals surface area contributed by atoms with Crippen LogP contribution in [0, 0.1) is 11.7 Å². The topological polar surface area (TPSA) is 20.3 Å². The second kappa shape index (κ2) is 5.82. The highest BCUT2D eigenvalue weighted by molar-refractivity contribution is 6.31. The zero-order chi connectivity index (χ0) is 14.9. The van der Waals surface area contributed by atoms with Crippen LogP contribution in [0.4, 0.5) is 4.39 Å². The first-order valence-corrected chi connectivity index (χ1v) is 7.42. The number of likely N-dealkylation sites (tertiary alicyclic amines) is 1. The monoisotopic (exact) mass is 297 g/mol. The lowest BCUT2D eigenvalue weighted by atomic mass is 9.87. The van der Waals surface area contributed by atoms with Crippen molar-refractivity contribution in [2.75, 3.05) is 13.1 Å². The number of halogens is 2. The molecule has 0 saturated carbocycles. The van der Waals surface area contributed by atoms with Gasteiger partial charge < -0.3 is 0 Å². The summed E-state index contributed by atoms with van der Waals surface area (Å²) in [6.07, 6.45) is 1.78. The van der Waals surface area contributed by atoms with Crippen LogP contribution in [0.1, 0.15) is 44.0 Å². The average Bonchev–Trinajstić information content (AvgIpc) is 2.40. The van der Waals surface area contributed by atoms with E-state index in [1.54, 1.807) is 6.07 Å². The smallest absolute Gasteiger partial charge is 0.170 e. The van der Waals surface area contributed by atoms with Gasteiger partial charge in [0, 0.05) is 18.0 Å². The van der Waals surface area contributed by atoms with Gasteiger partial charge in [0.1, 0.15) is 0 Å². The molecule has 1 heterocycles. The summed E-state index contributed by atoms with van der Waals surface area (Å²) in [7, 11) is 0. The van der Waals surface area contributed by atoms with Crippen molar-refractivity contribution < 1.29 is 9.18 Å². The second-order valence-corrected chi connectivity index (χ2v) is 6.83. The van der Waals surface area contributed by atoms with Gasteiger partial charge in [-0.3, -0.25) is 9.69 Å². The lowest BCUT2D eigenvalue weighted by molar-refractivity contribution is 0.0614. The van der Waals surface area contributed by atoms with Crippen molar-refractivity contribution in [1.82, 2.24) is 4.90 Å². The predicted molar refractivity (Wildman–Crippen MR) is 79.8 cm³/mol. The summed E-state index contributed by atoms with van der Waals surface area (Å²) in [5.74, 6) is -0.859. The normalized spacial score (nSPS) is 20.9. The van der Waals surface area contributed by atoms with Crippen LogP contribution in [0.3, 0.4) is 0 Å². The number of benzene rings is 1. The fourth-order valence-corrected chi connectivity index (χ4v) is 2.89. The molecule has 1 aromatic rings. The van der Waals surface area contributed by atoms with Crippen LogP contribution >= 0.6 is 11.6 Å². The Morgan fingerprint density at radius 1 is 1.40 bits per heavy atom. The highest BCUT2D eigenvalue weighted by atomic mass is 35.5. The minimum Gasteiger partial charge on any atom is -0.298 e. The molecule has 2 nitrogen and oxygen atoms in total. The first-order chi connectivity index (χ1) is 9.30. The molecule has 0 bridgehead atoms. The molecule has 110 valence electrons. The minimum atomic E-state index is -0.591. The maximum atomic E-state index is 14.0. The molecule has 4 heteroatoms. The Kier molecular flexibility index (Phi) is 4.50. The lowest BCUT2D eigenvalue weighted by Crippen LogP contribution is -2.48. The van der Waals surface area contributed by atoms with Gasteiger partial charge in [-0.1, -0.05) is 17.7 Å². The Bertz CT molecular complexity index is 510. The predicted octanol–water partition coefficient (Wildman–Crippen LogP) is 4.17. The van der Waals surface area contributed by atoms with E-state index in [4.69, 9.17) is 11.6 Å². The molecule has 1 aromatic carbocycles. The molecule has 1 aliphatic heterocycles. The maximum Gasteiger partial charge on any atom is 0.170 e. The SMILES string of the molecule is CC(C)(C)N1CCC[C@@H](C(=O)c2cccc(Cl)c2F)C1. The van der Waals surface area contributed by atoms with Gasteiger partial charge in [0.15, 0.2) is 11.6 Å². The summed E-state index contributed by atoms with van der Waals surface area (Å²) in [5, 5.41) is 0.0133. The van der Waals surface area contributed by atoms with Crippen LogP contribution in [-0.4, -0.2) is 29.3 Å². The highest BCUT2D eigenvalue weighted by Gasteiger charge is 2.32. The number of Topliss-reactive ketones (excluding diaryl/α,β-unsaturated/α-hetero) is 1. The molecule has 0 aromatic heterocycles. The summed E-state index contributed by atoms with van der Waals surface area (Å²) in [6.45, 7) is 8.10. The number of piperidine rings is 1. The second-order valence-electron chi connectivity index (χ2n) is 6.42. The number of rotatable bonds is 2. The molecule has 1 fully saturated rings. The van der Waals surface area contributed by atoms with E-state index >= 15 is 0 Å². The molecule has 0 N–H and O–H groups in total. The Morgan fingerprint density at radius 2 is 2.10 bits per heavy atom. The van der Waals surface area contributed by atoms with Gasteiger partial charge in [-0.05, 0) is 52.3 Å². The average molecular weight is 298 g/mol. The molecule has 0 spiro atoms. The van der Waals surface area contributed by atoms with Gasteiger partial charge in [-0.15, -0.1) is 0 Å². The molecule has 1 aliphatic rings. The first kappa shape index (κ1) is 15.5. The summed E-state index contributed by atoms with van der Waals surface area (Å²) in [6, 6.07) is 4.62. The van der Waals surface area contributed by atoms with Gasteiger partial charge in [-0.25, -0.2) is 4.39 Å². The van der Waals surface area contributed by atoms with Crippen LogP contribution in [0.5, 0.6) is 0 Å². The molecule has 0 amide bonds. The maximum absolute atomic E-state index is 14.0. The third kappa shape index (κ3) is 3.21. The third-order valence-corrected chi connectivity index (χ3v) is 4.25. The number of hydrogen-bond donors (Lipinski definition) is 0. The molecule has 0 unspecified atom stereocenters. The number of carbonyl (C=O) groups is 1. The van der Waals surface area contributed by atoms with Crippen LogP contribution in [0.15, 0.2) is 18.2 Å². The largest absolute Gasteiger partial charge is 0.298 e. The fourth-order valence-electron chi connectivity index (χ4n) is 2.71. The van der Waals surface area contributed by atoms with Crippen molar-refractivity contribution in [3.63, 3.8) is 0 Å². The van der Waals surface area contributed by atoms with E-state index < -0.39 is 5.82 Å². The van der Waals surface area contributed by atoms with Crippen molar-refractivity contribution >= 4 is 17.4 Å². The summed E-state index contributed by atoms with van der Waals surface area (Å²) >= 11 is 5.76. The number of carbonyl (C=O) groups excluding carboxylic acids is 1. The van der Waals surface area contributed by atoms with Crippen molar-refractivity contribution in [2.24, 2.45) is 5.92 Å². The molecule has 0 radical (unpaired) electrons. The Hall–Kier alpha value is -0.930. The summed E-state index contributed by atoms with van der Waals surface area (Å²) in [5.41, 5.74) is 0.157. The molecular formula is C16H21ClFNO. The van der Waals surface area contributed by atoms with Gasteiger partial charge in [-0.2, -0.15) is 0 Å². The fraction of sp³-hybridized carbons (Fsp3) is 0.562. The van der Waals surface area contributed by atoms with Crippen LogP contribution in [0.2, 0.25) is 5.02 Å². The first-order valence-electron chi connectivity index (χ1n) is 7.04. The van der Waals surface area contributed by atoms with E-state index in [0.717, 1.165) is 19.4 Å². The van der Waals surface area contributed by atoms with Crippen molar-refractivity contribution in [3.8, 4) is 0 Å². The third-order valence-electron chi connectivity index (χ3n) is 3.96. The lowest BCUT2D eigenvalue weighted by Gasteiger charge is -2.41. The van der Waals surface area contributed by atoms with Gasteiger partial charge >= 0.3 is 0 Å². The minimum absolute atomic E-state index is 0.0133. The van der Waals surface area contributed by atoms with E-state index in [1.807, 2.05) is 0 Å². The van der Waals surface area contributed by atoms with Crippen LogP contribution in [0.25, 0.3) is 0 Å². The number of hydrogen-bond acceptors (Lipinski definition) is 2. The van der Waals surface area contributed by atoms with E-state index in [-0.39, 0.29) is 27.8 Å². The molecule has 1 atom stereocenters. The molecular weight excluding hydrogens is 277 g/mol. The zero-order valence-electron chi connectivity index (χ0n) is 12.2. The van der Waals surface area contributed by atoms with Crippen LogP contribution < -0.4 is 0 Å². The standard InChI is InChI=1S/C16H21ClFNO/c1-16(2,3)19-9-5-6-11(10-19)15(20)12-7-4-8-13(17)14(12)18/h4,7-8,11H,5-6,9-10H2,1-3H3/t11-/m1/s1. The van der Waals surface area contributed by atoms with Gasteiger partial charge in [0.05, 0.1) is 10.6 Å². The molecule has 2 rings (SSSR count). The number of ketones is 1. The Labute approximate surface area is 124 Å². The van der Waals surface area contributed by atoms with Crippen molar-refractivity contribution in [1.29, 1.82) is 0 Å². The van der Waals surface area contributed by atoms with E-state index in [9.17, 15) is 9.18 Å².